The van der Waals surface area contributed by atoms with Gasteiger partial charge >= 0.3 is 0 Å². The van der Waals surface area contributed by atoms with Crippen LogP contribution < -0.4 is 10.2 Å². The highest BCUT2D eigenvalue weighted by atomic mass is 35.5. The van der Waals surface area contributed by atoms with Gasteiger partial charge in [0, 0.05) is 5.69 Å². The first-order valence-electron chi connectivity index (χ1n) is 8.39. The predicted octanol–water partition coefficient (Wildman–Crippen LogP) is 4.72. The van der Waals surface area contributed by atoms with Gasteiger partial charge < -0.3 is 10.2 Å². The molecule has 1 atom stereocenters. The third-order valence-corrected chi connectivity index (χ3v) is 4.62. The number of carbonyl (C=O) groups is 1. The fourth-order valence-electron chi connectivity index (χ4n) is 2.59. The normalized spacial score (nSPS) is 22.2. The van der Waals surface area contributed by atoms with Gasteiger partial charge in [-0.2, -0.15) is 0 Å². The van der Waals surface area contributed by atoms with E-state index in [2.05, 4.69) is 10.3 Å². The average molecular weight is 364 g/mol. The number of halogens is 2. The minimum absolute atomic E-state index is 0.119. The number of allylic oxidation sites excluding steroid dienone is 2. The SMILES string of the molecule is CC=C1NC(=O)C(CC)N(c2ccc(F)cc2)C1=NC(Cl)=C(C)CC. The number of rotatable bonds is 4. The molecule has 1 amide bonds. The molecule has 0 bridgehead atoms. The van der Waals surface area contributed by atoms with Crippen LogP contribution in [0.15, 0.2) is 51.8 Å². The van der Waals surface area contributed by atoms with Crippen LogP contribution in [0, 0.1) is 5.82 Å². The molecule has 25 heavy (non-hydrogen) atoms. The van der Waals surface area contributed by atoms with Crippen LogP contribution in [0.4, 0.5) is 10.1 Å². The van der Waals surface area contributed by atoms with Crippen LogP contribution in [0.3, 0.4) is 0 Å². The Bertz CT molecular complexity index is 738. The summed E-state index contributed by atoms with van der Waals surface area (Å²) < 4.78 is 13.3. The van der Waals surface area contributed by atoms with Gasteiger partial charge in [-0.15, -0.1) is 0 Å². The monoisotopic (exact) mass is 363 g/mol. The Hall–Kier alpha value is -2.14. The lowest BCUT2D eigenvalue weighted by Gasteiger charge is -2.38. The van der Waals surface area contributed by atoms with Crippen LogP contribution in [0.25, 0.3) is 0 Å². The molecule has 1 unspecified atom stereocenters. The standard InChI is InChI=1S/C19H23ClFN3O/c1-5-12(4)17(20)23-18-15(6-2)22-19(25)16(7-3)24(18)14-10-8-13(21)9-11-14/h6,8-11,16H,5,7H2,1-4H3,(H,22,25). The fourth-order valence-corrected chi connectivity index (χ4v) is 2.80. The average Bonchev–Trinajstić information content (AvgIpc) is 2.62. The van der Waals surface area contributed by atoms with Crippen LogP contribution in [0.5, 0.6) is 0 Å². The van der Waals surface area contributed by atoms with Gasteiger partial charge in [0.1, 0.15) is 17.0 Å². The van der Waals surface area contributed by atoms with Crippen molar-refractivity contribution in [3.63, 3.8) is 0 Å². The predicted molar refractivity (Wildman–Crippen MR) is 101 cm³/mol. The lowest BCUT2D eigenvalue weighted by molar-refractivity contribution is -0.121. The van der Waals surface area contributed by atoms with Gasteiger partial charge in [0.2, 0.25) is 5.91 Å². The topological polar surface area (TPSA) is 44.7 Å². The number of aliphatic imine (C=N–C) groups is 1. The van der Waals surface area contributed by atoms with E-state index in [1.165, 1.54) is 12.1 Å². The summed E-state index contributed by atoms with van der Waals surface area (Å²) >= 11 is 6.36. The molecule has 0 aliphatic carbocycles. The molecule has 0 aromatic heterocycles. The molecule has 0 saturated carbocycles. The van der Waals surface area contributed by atoms with E-state index < -0.39 is 6.04 Å². The zero-order chi connectivity index (χ0) is 18.6. The molecule has 1 saturated heterocycles. The van der Waals surface area contributed by atoms with Gasteiger partial charge in [-0.3, -0.25) is 4.79 Å². The maximum atomic E-state index is 13.3. The Morgan fingerprint density at radius 3 is 2.52 bits per heavy atom. The summed E-state index contributed by atoms with van der Waals surface area (Å²) in [7, 11) is 0. The van der Waals surface area contributed by atoms with Crippen LogP contribution in [-0.4, -0.2) is 17.8 Å². The smallest absolute Gasteiger partial charge is 0.247 e. The van der Waals surface area contributed by atoms with E-state index in [0.717, 1.165) is 12.0 Å². The summed E-state index contributed by atoms with van der Waals surface area (Å²) in [5, 5.41) is 3.28. The molecule has 1 aliphatic rings. The molecule has 4 nitrogen and oxygen atoms in total. The van der Waals surface area contributed by atoms with E-state index in [4.69, 9.17) is 11.6 Å². The molecule has 1 aromatic rings. The number of nitrogens with zero attached hydrogens (tertiary/aromatic N) is 2. The van der Waals surface area contributed by atoms with Crippen molar-refractivity contribution in [3.05, 3.63) is 52.6 Å². The zero-order valence-electron chi connectivity index (χ0n) is 14.9. The fraction of sp³-hybridized carbons (Fsp3) is 0.368. The first kappa shape index (κ1) is 19.2. The minimum atomic E-state index is -0.445. The van der Waals surface area contributed by atoms with Crippen LogP contribution in [-0.2, 0) is 4.79 Å². The second kappa shape index (κ2) is 8.30. The van der Waals surface area contributed by atoms with Crippen LogP contribution in [0.1, 0.15) is 40.5 Å². The summed E-state index contributed by atoms with van der Waals surface area (Å²) in [6, 6.07) is 5.58. The molecular weight excluding hydrogens is 341 g/mol. The van der Waals surface area contributed by atoms with E-state index in [1.54, 1.807) is 18.2 Å². The molecule has 1 heterocycles. The van der Waals surface area contributed by atoms with Gasteiger partial charge in [-0.1, -0.05) is 31.5 Å². The van der Waals surface area contributed by atoms with Crippen molar-refractivity contribution < 1.29 is 9.18 Å². The number of hydrogen-bond donors (Lipinski definition) is 1. The first-order chi connectivity index (χ1) is 11.9. The molecule has 1 fully saturated rings. The maximum absolute atomic E-state index is 13.3. The van der Waals surface area contributed by atoms with Gasteiger partial charge in [-0.25, -0.2) is 9.38 Å². The summed E-state index contributed by atoms with van der Waals surface area (Å²) in [6.07, 6.45) is 3.14. The number of carbonyl (C=O) groups excluding carboxylic acids is 1. The highest BCUT2D eigenvalue weighted by Gasteiger charge is 2.36. The number of amidine groups is 1. The number of nitrogens with one attached hydrogen (secondary N) is 1. The van der Waals surface area contributed by atoms with Crippen molar-refractivity contribution in [2.24, 2.45) is 4.99 Å². The second-order valence-corrected chi connectivity index (χ2v) is 6.18. The Morgan fingerprint density at radius 2 is 2.00 bits per heavy atom. The second-order valence-electron chi connectivity index (χ2n) is 5.82. The zero-order valence-corrected chi connectivity index (χ0v) is 15.7. The van der Waals surface area contributed by atoms with Gasteiger partial charge in [-0.05, 0) is 56.5 Å². The molecule has 1 aromatic carbocycles. The van der Waals surface area contributed by atoms with Crippen molar-refractivity contribution in [2.75, 3.05) is 4.90 Å². The summed E-state index contributed by atoms with van der Waals surface area (Å²) in [5.41, 5.74) is 2.23. The molecule has 1 aliphatic heterocycles. The Kier molecular flexibility index (Phi) is 6.37. The highest BCUT2D eigenvalue weighted by Crippen LogP contribution is 2.27. The Morgan fingerprint density at radius 1 is 1.36 bits per heavy atom. The Balaban J connectivity index is 2.65. The van der Waals surface area contributed by atoms with Crippen molar-refractivity contribution >= 4 is 29.0 Å². The largest absolute Gasteiger partial charge is 0.321 e. The number of piperazine rings is 1. The quantitative estimate of drug-likeness (QED) is 0.786. The van der Waals surface area contributed by atoms with E-state index in [1.807, 2.05) is 32.6 Å². The lowest BCUT2D eigenvalue weighted by Crippen LogP contribution is -2.57. The maximum Gasteiger partial charge on any atom is 0.247 e. The summed E-state index contributed by atoms with van der Waals surface area (Å²) in [4.78, 5) is 18.9. The van der Waals surface area contributed by atoms with Crippen molar-refractivity contribution in [2.45, 2.75) is 46.6 Å². The number of amides is 1. The minimum Gasteiger partial charge on any atom is -0.321 e. The number of benzene rings is 1. The van der Waals surface area contributed by atoms with E-state index in [-0.39, 0.29) is 11.7 Å². The van der Waals surface area contributed by atoms with Crippen molar-refractivity contribution in [3.8, 4) is 0 Å². The molecule has 2 rings (SSSR count). The van der Waals surface area contributed by atoms with Gasteiger partial charge in [0.25, 0.3) is 0 Å². The van der Waals surface area contributed by atoms with Crippen LogP contribution in [0.2, 0.25) is 0 Å². The van der Waals surface area contributed by atoms with Crippen molar-refractivity contribution in [1.29, 1.82) is 0 Å². The summed E-state index contributed by atoms with van der Waals surface area (Å²) in [6.45, 7) is 7.67. The van der Waals surface area contributed by atoms with Gasteiger partial charge in [0.05, 0.1) is 5.70 Å². The van der Waals surface area contributed by atoms with Gasteiger partial charge in [0.15, 0.2) is 5.84 Å². The first-order valence-corrected chi connectivity index (χ1v) is 8.76. The molecule has 0 spiro atoms. The Labute approximate surface area is 153 Å². The summed E-state index contributed by atoms with van der Waals surface area (Å²) in [5.74, 6) is 0.104. The molecular formula is C19H23ClFN3O. The third kappa shape index (κ3) is 4.10. The molecule has 134 valence electrons. The number of anilines is 1. The third-order valence-electron chi connectivity index (χ3n) is 4.21. The molecule has 0 radical (unpaired) electrons. The molecule has 1 N–H and O–H groups in total. The number of hydrogen-bond acceptors (Lipinski definition) is 2. The van der Waals surface area contributed by atoms with E-state index in [0.29, 0.717) is 28.8 Å². The van der Waals surface area contributed by atoms with E-state index >= 15 is 0 Å². The molecule has 6 heteroatoms. The van der Waals surface area contributed by atoms with Crippen molar-refractivity contribution in [1.82, 2.24) is 5.32 Å². The lowest BCUT2D eigenvalue weighted by atomic mass is 10.1. The van der Waals surface area contributed by atoms with Crippen LogP contribution >= 0.6 is 11.6 Å². The highest BCUT2D eigenvalue weighted by molar-refractivity contribution is 6.31. The van der Waals surface area contributed by atoms with E-state index in [9.17, 15) is 9.18 Å².